The van der Waals surface area contributed by atoms with Gasteiger partial charge in [-0.3, -0.25) is 9.89 Å². The maximum atomic E-state index is 6.08. The van der Waals surface area contributed by atoms with E-state index < -0.39 is 0 Å². The van der Waals surface area contributed by atoms with Gasteiger partial charge in [0.1, 0.15) is 11.4 Å². The van der Waals surface area contributed by atoms with Crippen molar-refractivity contribution in [1.82, 2.24) is 19.9 Å². The van der Waals surface area contributed by atoms with Crippen LogP contribution >= 0.6 is 0 Å². The Kier molecular flexibility index (Phi) is 3.41. The summed E-state index contributed by atoms with van der Waals surface area (Å²) >= 11 is 0. The molecule has 3 rings (SSSR count). The van der Waals surface area contributed by atoms with Crippen LogP contribution in [0.4, 0.5) is 0 Å². The highest BCUT2D eigenvalue weighted by atomic mass is 15.2. The topological polar surface area (TPSA) is 83.2 Å². The molecular weight excluding hydrogens is 240 g/mol. The number of aliphatic imine (C=N–C) groups is 1. The maximum absolute atomic E-state index is 6.08. The van der Waals surface area contributed by atoms with E-state index in [4.69, 9.17) is 5.73 Å². The van der Waals surface area contributed by atoms with Crippen molar-refractivity contribution in [3.8, 4) is 0 Å². The van der Waals surface area contributed by atoms with Gasteiger partial charge < -0.3 is 10.7 Å². The molecule has 1 aliphatic rings. The van der Waals surface area contributed by atoms with Crippen LogP contribution in [-0.4, -0.2) is 45.4 Å². The van der Waals surface area contributed by atoms with Gasteiger partial charge >= 0.3 is 0 Å². The fourth-order valence-electron chi connectivity index (χ4n) is 2.42. The minimum Gasteiger partial charge on any atom is -0.383 e. The van der Waals surface area contributed by atoms with Crippen LogP contribution in [0.1, 0.15) is 24.8 Å². The summed E-state index contributed by atoms with van der Waals surface area (Å²) in [5.74, 6) is 0.532. The number of rotatable bonds is 3. The number of imidazole rings is 1. The average Bonchev–Trinajstić information content (AvgIpc) is 2.94. The zero-order chi connectivity index (χ0) is 13.1. The van der Waals surface area contributed by atoms with Gasteiger partial charge in [0.15, 0.2) is 5.65 Å². The molecule has 0 saturated carbocycles. The second-order valence-corrected chi connectivity index (χ2v) is 4.82. The molecule has 2 aromatic rings. The normalized spacial score (nSPS) is 18.0. The summed E-state index contributed by atoms with van der Waals surface area (Å²) in [5.41, 5.74) is 8.45. The quantitative estimate of drug-likeness (QED) is 0.638. The van der Waals surface area contributed by atoms with Gasteiger partial charge in [-0.25, -0.2) is 9.97 Å². The number of nitrogens with one attached hydrogen (secondary N) is 1. The lowest BCUT2D eigenvalue weighted by Crippen LogP contribution is -2.31. The molecule has 1 aliphatic heterocycles. The lowest BCUT2D eigenvalue weighted by atomic mass is 10.1. The van der Waals surface area contributed by atoms with Crippen molar-refractivity contribution in [2.75, 3.05) is 19.8 Å². The number of piperidine rings is 1. The van der Waals surface area contributed by atoms with E-state index in [0.717, 1.165) is 29.8 Å². The molecule has 0 aromatic carbocycles. The maximum Gasteiger partial charge on any atom is 0.157 e. The van der Waals surface area contributed by atoms with Gasteiger partial charge in [-0.2, -0.15) is 0 Å². The van der Waals surface area contributed by atoms with E-state index in [0.29, 0.717) is 12.5 Å². The molecule has 1 saturated heterocycles. The Morgan fingerprint density at radius 2 is 2.16 bits per heavy atom. The molecule has 0 aliphatic carbocycles. The van der Waals surface area contributed by atoms with Gasteiger partial charge in [-0.1, -0.05) is 6.42 Å². The van der Waals surface area contributed by atoms with Crippen molar-refractivity contribution in [3.63, 3.8) is 0 Å². The number of nitrogens with zero attached hydrogens (tertiary/aromatic N) is 4. The molecule has 1 fully saturated rings. The minimum absolute atomic E-state index is 0.532. The third-order valence-electron chi connectivity index (χ3n) is 3.48. The number of nitrogens with two attached hydrogens (primary N) is 1. The van der Waals surface area contributed by atoms with Crippen LogP contribution in [0.25, 0.3) is 11.2 Å². The molecule has 0 unspecified atom stereocenters. The Balaban J connectivity index is 1.78. The molecule has 3 heterocycles. The molecule has 0 amide bonds. The number of H-pyrrole nitrogens is 1. The molecule has 19 heavy (non-hydrogen) atoms. The molecule has 0 atom stereocenters. The van der Waals surface area contributed by atoms with Crippen LogP contribution in [0.5, 0.6) is 0 Å². The number of hydrogen-bond donors (Lipinski definition) is 2. The first-order valence-electron chi connectivity index (χ1n) is 6.65. The van der Waals surface area contributed by atoms with E-state index >= 15 is 0 Å². The molecule has 0 bridgehead atoms. The van der Waals surface area contributed by atoms with Gasteiger partial charge in [-0.05, 0) is 32.0 Å². The standard InChI is InChI=1S/C13H18N6/c14-12(18-9-19-6-2-1-3-7-19)10-4-5-15-13-11(10)16-8-17-13/h4-5,8H,1-3,6-7,9H2,(H2,14,18)(H,15,16,17). The van der Waals surface area contributed by atoms with Gasteiger partial charge in [0.25, 0.3) is 0 Å². The zero-order valence-corrected chi connectivity index (χ0v) is 10.8. The van der Waals surface area contributed by atoms with Crippen molar-refractivity contribution in [2.45, 2.75) is 19.3 Å². The van der Waals surface area contributed by atoms with Crippen LogP contribution in [0.2, 0.25) is 0 Å². The molecule has 6 nitrogen and oxygen atoms in total. The van der Waals surface area contributed by atoms with E-state index in [-0.39, 0.29) is 0 Å². The second-order valence-electron chi connectivity index (χ2n) is 4.82. The SMILES string of the molecule is NC(=NCN1CCCCC1)c1ccnc2[nH]cnc12. The van der Waals surface area contributed by atoms with Gasteiger partial charge in [-0.15, -0.1) is 0 Å². The van der Waals surface area contributed by atoms with Crippen LogP contribution in [0.3, 0.4) is 0 Å². The Bertz CT molecular complexity index is 582. The summed E-state index contributed by atoms with van der Waals surface area (Å²) in [5, 5.41) is 0. The highest BCUT2D eigenvalue weighted by molar-refractivity contribution is 6.06. The predicted octanol–water partition coefficient (Wildman–Crippen LogP) is 1.11. The summed E-state index contributed by atoms with van der Waals surface area (Å²) in [6.45, 7) is 2.90. The van der Waals surface area contributed by atoms with Crippen LogP contribution in [0, 0.1) is 0 Å². The van der Waals surface area contributed by atoms with Crippen molar-refractivity contribution in [1.29, 1.82) is 0 Å². The fraction of sp³-hybridized carbons (Fsp3) is 0.462. The Morgan fingerprint density at radius 1 is 1.32 bits per heavy atom. The first kappa shape index (κ1) is 12.1. The molecule has 3 N–H and O–H groups in total. The average molecular weight is 258 g/mol. The van der Waals surface area contributed by atoms with Gasteiger partial charge in [0.2, 0.25) is 0 Å². The number of hydrogen-bond acceptors (Lipinski definition) is 4. The zero-order valence-electron chi connectivity index (χ0n) is 10.8. The molecule has 100 valence electrons. The smallest absolute Gasteiger partial charge is 0.157 e. The predicted molar refractivity (Wildman–Crippen MR) is 74.9 cm³/mol. The molecule has 2 aromatic heterocycles. The van der Waals surface area contributed by atoms with E-state index in [1.54, 1.807) is 12.5 Å². The number of pyridine rings is 1. The van der Waals surface area contributed by atoms with E-state index in [2.05, 4.69) is 24.8 Å². The number of aromatic amines is 1. The number of aromatic nitrogens is 3. The van der Waals surface area contributed by atoms with Gasteiger partial charge in [0.05, 0.1) is 13.0 Å². The summed E-state index contributed by atoms with van der Waals surface area (Å²) in [7, 11) is 0. The van der Waals surface area contributed by atoms with Crippen molar-refractivity contribution in [2.24, 2.45) is 10.7 Å². The van der Waals surface area contributed by atoms with Crippen molar-refractivity contribution in [3.05, 3.63) is 24.2 Å². The van der Waals surface area contributed by atoms with E-state index in [1.165, 1.54) is 19.3 Å². The minimum atomic E-state index is 0.532. The third kappa shape index (κ3) is 2.58. The number of likely N-dealkylation sites (tertiary alicyclic amines) is 1. The first-order chi connectivity index (χ1) is 9.34. The summed E-state index contributed by atoms with van der Waals surface area (Å²) in [6, 6.07) is 1.86. The Hall–Kier alpha value is -1.95. The second kappa shape index (κ2) is 5.36. The number of amidine groups is 1. The Labute approximate surface area is 111 Å². The highest BCUT2D eigenvalue weighted by Gasteiger charge is 2.11. The monoisotopic (exact) mass is 258 g/mol. The van der Waals surface area contributed by atoms with E-state index in [9.17, 15) is 0 Å². The Morgan fingerprint density at radius 3 is 3.00 bits per heavy atom. The highest BCUT2D eigenvalue weighted by Crippen LogP contribution is 2.12. The summed E-state index contributed by atoms with van der Waals surface area (Å²) < 4.78 is 0. The van der Waals surface area contributed by atoms with Crippen LogP contribution in [0.15, 0.2) is 23.6 Å². The van der Waals surface area contributed by atoms with E-state index in [1.807, 2.05) is 6.07 Å². The largest absolute Gasteiger partial charge is 0.383 e. The number of fused-ring (bicyclic) bond motifs is 1. The molecule has 0 spiro atoms. The summed E-state index contributed by atoms with van der Waals surface area (Å²) in [4.78, 5) is 18.2. The summed E-state index contributed by atoms with van der Waals surface area (Å²) in [6.07, 6.45) is 7.19. The fourth-order valence-corrected chi connectivity index (χ4v) is 2.42. The van der Waals surface area contributed by atoms with Crippen molar-refractivity contribution >= 4 is 17.0 Å². The van der Waals surface area contributed by atoms with Crippen LogP contribution < -0.4 is 5.73 Å². The van der Waals surface area contributed by atoms with Crippen LogP contribution in [-0.2, 0) is 0 Å². The lowest BCUT2D eigenvalue weighted by Gasteiger charge is -2.24. The van der Waals surface area contributed by atoms with Crippen molar-refractivity contribution < 1.29 is 0 Å². The molecular formula is C13H18N6. The molecule has 6 heteroatoms. The van der Waals surface area contributed by atoms with Gasteiger partial charge in [0, 0.05) is 11.8 Å². The third-order valence-corrected chi connectivity index (χ3v) is 3.48. The lowest BCUT2D eigenvalue weighted by molar-refractivity contribution is 0.236. The first-order valence-corrected chi connectivity index (χ1v) is 6.65. The molecule has 0 radical (unpaired) electrons.